The molecule has 0 aliphatic carbocycles. The van der Waals surface area contributed by atoms with E-state index in [9.17, 15) is 4.79 Å². The van der Waals surface area contributed by atoms with Crippen LogP contribution in [-0.2, 0) is 11.3 Å². The number of nitrogens with one attached hydrogen (secondary N) is 1. The number of para-hydroxylation sites is 1. The van der Waals surface area contributed by atoms with Crippen LogP contribution in [0.2, 0.25) is 0 Å². The molecule has 0 aliphatic heterocycles. The molecule has 0 spiro atoms. The van der Waals surface area contributed by atoms with Gasteiger partial charge in [-0.3, -0.25) is 9.36 Å². The number of hydrogen-bond donors (Lipinski definition) is 1. The summed E-state index contributed by atoms with van der Waals surface area (Å²) in [5, 5.41) is 16.8. The SMILES string of the molecule is O=C(CSc1nnc(-c2ccccc2)n1-c1ccccc1)Nc1ccnn1Cc1ccccc1. The predicted octanol–water partition coefficient (Wildman–Crippen LogP) is 4.91. The average molecular weight is 467 g/mol. The van der Waals surface area contributed by atoms with Gasteiger partial charge in [0.1, 0.15) is 5.82 Å². The van der Waals surface area contributed by atoms with Crippen LogP contribution in [0.3, 0.4) is 0 Å². The van der Waals surface area contributed by atoms with Gasteiger partial charge in [0.2, 0.25) is 5.91 Å². The van der Waals surface area contributed by atoms with Crippen molar-refractivity contribution in [3.8, 4) is 17.1 Å². The van der Waals surface area contributed by atoms with Crippen molar-refractivity contribution in [1.29, 1.82) is 0 Å². The predicted molar refractivity (Wildman–Crippen MR) is 134 cm³/mol. The molecule has 0 unspecified atom stereocenters. The number of carbonyl (C=O) groups excluding carboxylic acids is 1. The molecular weight excluding hydrogens is 444 g/mol. The second-order valence-electron chi connectivity index (χ2n) is 7.54. The number of thioether (sulfide) groups is 1. The molecular formula is C26H22N6OS. The number of nitrogens with zero attached hydrogens (tertiary/aromatic N) is 5. The Balaban J connectivity index is 1.32. The van der Waals surface area contributed by atoms with E-state index >= 15 is 0 Å². The summed E-state index contributed by atoms with van der Waals surface area (Å²) in [7, 11) is 0. The van der Waals surface area contributed by atoms with Crippen LogP contribution in [0.25, 0.3) is 17.1 Å². The highest BCUT2D eigenvalue weighted by Gasteiger charge is 2.17. The first kappa shape index (κ1) is 21.7. The van der Waals surface area contributed by atoms with Gasteiger partial charge in [-0.05, 0) is 17.7 Å². The Morgan fingerprint density at radius 3 is 2.24 bits per heavy atom. The standard InChI is InChI=1S/C26H22N6OS/c33-24(28-23-16-17-27-31(23)18-20-10-4-1-5-11-20)19-34-26-30-29-25(21-12-6-2-7-13-21)32(26)22-14-8-3-9-15-22/h1-17H,18-19H2,(H,28,33). The zero-order chi connectivity index (χ0) is 23.2. The lowest BCUT2D eigenvalue weighted by Crippen LogP contribution is -2.18. The number of anilines is 1. The van der Waals surface area contributed by atoms with Crippen molar-refractivity contribution in [3.05, 3.63) is 109 Å². The van der Waals surface area contributed by atoms with Crippen LogP contribution in [0, 0.1) is 0 Å². The van der Waals surface area contributed by atoms with Crippen molar-refractivity contribution in [2.45, 2.75) is 11.7 Å². The Hall–Kier alpha value is -4.17. The molecule has 1 amide bonds. The van der Waals surface area contributed by atoms with Crippen LogP contribution >= 0.6 is 11.8 Å². The van der Waals surface area contributed by atoms with E-state index in [1.165, 1.54) is 11.8 Å². The van der Waals surface area contributed by atoms with Gasteiger partial charge in [0.25, 0.3) is 0 Å². The molecule has 1 N–H and O–H groups in total. The third-order valence-corrected chi connectivity index (χ3v) is 6.10. The fraction of sp³-hybridized carbons (Fsp3) is 0.0769. The molecule has 7 nitrogen and oxygen atoms in total. The second-order valence-corrected chi connectivity index (χ2v) is 8.48. The van der Waals surface area contributed by atoms with Crippen molar-refractivity contribution >= 4 is 23.5 Å². The largest absolute Gasteiger partial charge is 0.310 e. The van der Waals surface area contributed by atoms with E-state index in [0.717, 1.165) is 22.6 Å². The number of hydrogen-bond acceptors (Lipinski definition) is 5. The minimum absolute atomic E-state index is 0.135. The molecule has 3 aromatic carbocycles. The van der Waals surface area contributed by atoms with Crippen molar-refractivity contribution in [1.82, 2.24) is 24.5 Å². The quantitative estimate of drug-likeness (QED) is 0.329. The van der Waals surface area contributed by atoms with Crippen LogP contribution in [0.4, 0.5) is 5.82 Å². The van der Waals surface area contributed by atoms with Crippen molar-refractivity contribution in [3.63, 3.8) is 0 Å². The highest BCUT2D eigenvalue weighted by molar-refractivity contribution is 7.99. The van der Waals surface area contributed by atoms with E-state index in [1.807, 2.05) is 95.6 Å². The van der Waals surface area contributed by atoms with Crippen LogP contribution in [0.1, 0.15) is 5.56 Å². The molecule has 8 heteroatoms. The van der Waals surface area contributed by atoms with Gasteiger partial charge in [-0.2, -0.15) is 5.10 Å². The van der Waals surface area contributed by atoms with Crippen LogP contribution in [0.5, 0.6) is 0 Å². The summed E-state index contributed by atoms with van der Waals surface area (Å²) in [6.07, 6.45) is 1.68. The zero-order valence-corrected chi connectivity index (χ0v) is 19.1. The zero-order valence-electron chi connectivity index (χ0n) is 18.3. The fourth-order valence-electron chi connectivity index (χ4n) is 3.58. The Morgan fingerprint density at radius 2 is 1.50 bits per heavy atom. The Labute approximate surface area is 201 Å². The molecule has 0 saturated heterocycles. The summed E-state index contributed by atoms with van der Waals surface area (Å²) >= 11 is 1.34. The van der Waals surface area contributed by atoms with E-state index in [0.29, 0.717) is 17.5 Å². The van der Waals surface area contributed by atoms with Crippen molar-refractivity contribution in [2.75, 3.05) is 11.1 Å². The van der Waals surface area contributed by atoms with Gasteiger partial charge in [-0.1, -0.05) is 90.6 Å². The first-order valence-corrected chi connectivity index (χ1v) is 11.8. The number of carbonyl (C=O) groups is 1. The maximum atomic E-state index is 12.8. The molecule has 0 aliphatic rings. The number of rotatable bonds is 8. The summed E-state index contributed by atoms with van der Waals surface area (Å²) in [5.74, 6) is 1.44. The molecule has 0 atom stereocenters. The first-order chi connectivity index (χ1) is 16.8. The van der Waals surface area contributed by atoms with Gasteiger partial charge >= 0.3 is 0 Å². The maximum absolute atomic E-state index is 12.8. The molecule has 5 aromatic rings. The van der Waals surface area contributed by atoms with E-state index in [2.05, 4.69) is 20.6 Å². The summed E-state index contributed by atoms with van der Waals surface area (Å²) in [4.78, 5) is 12.8. The van der Waals surface area contributed by atoms with Gasteiger partial charge < -0.3 is 5.32 Å². The van der Waals surface area contributed by atoms with Crippen molar-refractivity contribution in [2.24, 2.45) is 0 Å². The molecule has 168 valence electrons. The lowest BCUT2D eigenvalue weighted by molar-refractivity contribution is -0.113. The van der Waals surface area contributed by atoms with Gasteiger partial charge in [0.05, 0.1) is 18.5 Å². The minimum atomic E-state index is -0.135. The highest BCUT2D eigenvalue weighted by Crippen LogP contribution is 2.28. The topological polar surface area (TPSA) is 77.6 Å². The molecule has 5 rings (SSSR count). The molecule has 2 aromatic heterocycles. The first-order valence-electron chi connectivity index (χ1n) is 10.8. The van der Waals surface area contributed by atoms with Gasteiger partial charge in [0.15, 0.2) is 11.0 Å². The normalized spacial score (nSPS) is 10.8. The third-order valence-electron chi connectivity index (χ3n) is 5.17. The van der Waals surface area contributed by atoms with Gasteiger partial charge in [-0.25, -0.2) is 4.68 Å². The second kappa shape index (κ2) is 10.2. The molecule has 2 heterocycles. The smallest absolute Gasteiger partial charge is 0.235 e. The van der Waals surface area contributed by atoms with E-state index in [-0.39, 0.29) is 11.7 Å². The summed E-state index contributed by atoms with van der Waals surface area (Å²) in [5.41, 5.74) is 3.01. The van der Waals surface area contributed by atoms with E-state index in [1.54, 1.807) is 16.9 Å². The average Bonchev–Trinajstić information content (AvgIpc) is 3.51. The Bertz CT molecular complexity index is 1370. The summed E-state index contributed by atoms with van der Waals surface area (Å²) in [6, 6.07) is 31.6. The lowest BCUT2D eigenvalue weighted by Gasteiger charge is -2.11. The van der Waals surface area contributed by atoms with Gasteiger partial charge in [-0.15, -0.1) is 10.2 Å². The number of amides is 1. The Kier molecular flexibility index (Phi) is 6.49. The molecule has 0 bridgehead atoms. The van der Waals surface area contributed by atoms with Crippen molar-refractivity contribution < 1.29 is 4.79 Å². The number of benzene rings is 3. The third kappa shape index (κ3) is 4.92. The summed E-state index contributed by atoms with van der Waals surface area (Å²) < 4.78 is 3.75. The number of aromatic nitrogens is 5. The van der Waals surface area contributed by atoms with Crippen LogP contribution < -0.4 is 5.32 Å². The molecule has 0 radical (unpaired) electrons. The highest BCUT2D eigenvalue weighted by atomic mass is 32.2. The minimum Gasteiger partial charge on any atom is -0.310 e. The monoisotopic (exact) mass is 466 g/mol. The van der Waals surface area contributed by atoms with Crippen LogP contribution in [-0.4, -0.2) is 36.2 Å². The summed E-state index contributed by atoms with van der Waals surface area (Å²) in [6.45, 7) is 0.583. The molecule has 34 heavy (non-hydrogen) atoms. The fourth-order valence-corrected chi connectivity index (χ4v) is 4.33. The van der Waals surface area contributed by atoms with Gasteiger partial charge in [0, 0.05) is 17.3 Å². The van der Waals surface area contributed by atoms with E-state index in [4.69, 9.17) is 0 Å². The maximum Gasteiger partial charge on any atom is 0.235 e. The lowest BCUT2D eigenvalue weighted by atomic mass is 10.2. The molecule has 0 saturated carbocycles. The van der Waals surface area contributed by atoms with Crippen LogP contribution in [0.15, 0.2) is 108 Å². The molecule has 0 fully saturated rings. The Morgan fingerprint density at radius 1 is 0.824 bits per heavy atom. The van der Waals surface area contributed by atoms with E-state index < -0.39 is 0 Å².